The minimum atomic E-state index is -0.528. The van der Waals surface area contributed by atoms with E-state index >= 15 is 0 Å². The lowest BCUT2D eigenvalue weighted by Crippen LogP contribution is -2.45. The largest absolute Gasteiger partial charge is 0.444 e. The van der Waals surface area contributed by atoms with Gasteiger partial charge in [-0.3, -0.25) is 9.69 Å². The predicted octanol–water partition coefficient (Wildman–Crippen LogP) is 5.61. The van der Waals surface area contributed by atoms with E-state index in [-0.39, 0.29) is 30.0 Å². The van der Waals surface area contributed by atoms with Crippen LogP contribution in [0, 0.1) is 5.92 Å². The SMILES string of the molecule is CC(C)(C)OC(=O)N1CCC(CN(C(=O)c2ccc3ccccc3c2)c2ccnc(NC3CCC(N)CC3)n2)CC1. The third-order valence-electron chi connectivity index (χ3n) is 7.97. The zero-order chi connectivity index (χ0) is 29.0. The molecule has 0 spiro atoms. The molecule has 2 aliphatic rings. The smallest absolute Gasteiger partial charge is 0.410 e. The number of hydrogen-bond donors (Lipinski definition) is 2. The topological polar surface area (TPSA) is 114 Å². The summed E-state index contributed by atoms with van der Waals surface area (Å²) < 4.78 is 5.57. The first-order chi connectivity index (χ1) is 19.6. The Hall–Kier alpha value is -3.72. The Labute approximate surface area is 242 Å². The molecule has 9 heteroatoms. The van der Waals surface area contributed by atoms with Crippen molar-refractivity contribution in [3.63, 3.8) is 0 Å². The van der Waals surface area contributed by atoms with Crippen molar-refractivity contribution in [3.8, 4) is 0 Å². The number of likely N-dealkylation sites (tertiary alicyclic amines) is 1. The van der Waals surface area contributed by atoms with Crippen LogP contribution < -0.4 is 16.0 Å². The average Bonchev–Trinajstić information content (AvgIpc) is 2.96. The van der Waals surface area contributed by atoms with E-state index < -0.39 is 5.60 Å². The lowest BCUT2D eigenvalue weighted by atomic mass is 9.92. The Kier molecular flexibility index (Phi) is 8.73. The number of nitrogens with two attached hydrogens (primary N) is 1. The number of carbonyl (C=O) groups excluding carboxylic acids is 2. The Bertz CT molecular complexity index is 1360. The number of benzene rings is 2. The molecule has 0 bridgehead atoms. The van der Waals surface area contributed by atoms with Crippen LogP contribution in [0.25, 0.3) is 10.8 Å². The molecule has 0 atom stereocenters. The predicted molar refractivity (Wildman–Crippen MR) is 162 cm³/mol. The molecule has 2 heterocycles. The summed E-state index contributed by atoms with van der Waals surface area (Å²) in [7, 11) is 0. The highest BCUT2D eigenvalue weighted by Crippen LogP contribution is 2.27. The number of amides is 2. The van der Waals surface area contributed by atoms with Crippen LogP contribution in [0.15, 0.2) is 54.7 Å². The summed E-state index contributed by atoms with van der Waals surface area (Å²) in [5.41, 5.74) is 6.17. The molecule has 5 rings (SSSR count). The van der Waals surface area contributed by atoms with Gasteiger partial charge in [0.15, 0.2) is 0 Å². The van der Waals surface area contributed by atoms with E-state index in [0.29, 0.717) is 37.0 Å². The quantitative estimate of drug-likeness (QED) is 0.404. The average molecular weight is 559 g/mol. The maximum atomic E-state index is 14.1. The zero-order valence-corrected chi connectivity index (χ0v) is 24.4. The molecule has 41 heavy (non-hydrogen) atoms. The molecule has 1 saturated carbocycles. The van der Waals surface area contributed by atoms with Crippen molar-refractivity contribution in [3.05, 3.63) is 60.3 Å². The van der Waals surface area contributed by atoms with Gasteiger partial charge in [0.2, 0.25) is 5.95 Å². The number of piperidine rings is 1. The molecule has 218 valence electrons. The molecule has 0 unspecified atom stereocenters. The van der Waals surface area contributed by atoms with E-state index in [1.165, 1.54) is 0 Å². The normalized spacial score (nSPS) is 20.0. The second-order valence-corrected chi connectivity index (χ2v) is 12.4. The van der Waals surface area contributed by atoms with Crippen molar-refractivity contribution in [1.29, 1.82) is 0 Å². The molecule has 2 amide bonds. The highest BCUT2D eigenvalue weighted by atomic mass is 16.6. The standard InChI is InChI=1S/C32H42N6O3/c1-32(2,3)41-31(40)37-18-15-22(16-19-37)21-38(29(39)25-9-8-23-6-4-5-7-24(23)20-25)28-14-17-34-30(36-28)35-27-12-10-26(33)11-13-27/h4-9,14,17,20,22,26-27H,10-13,15-16,18-19,21,33H2,1-3H3,(H,34,35,36). The van der Waals surface area contributed by atoms with Crippen molar-refractivity contribution >= 4 is 34.5 Å². The summed E-state index contributed by atoms with van der Waals surface area (Å²) >= 11 is 0. The molecule has 3 N–H and O–H groups in total. The van der Waals surface area contributed by atoms with Crippen LogP contribution in [0.1, 0.15) is 69.7 Å². The fourth-order valence-electron chi connectivity index (χ4n) is 5.66. The van der Waals surface area contributed by atoms with Crippen molar-refractivity contribution in [1.82, 2.24) is 14.9 Å². The molecule has 2 aromatic carbocycles. The summed E-state index contributed by atoms with van der Waals surface area (Å²) in [5, 5.41) is 5.57. The van der Waals surface area contributed by atoms with Gasteiger partial charge in [-0.05, 0) is 94.2 Å². The molecule has 2 fully saturated rings. The van der Waals surface area contributed by atoms with Crippen molar-refractivity contribution in [2.45, 2.75) is 77.0 Å². The van der Waals surface area contributed by atoms with Gasteiger partial charge in [0.05, 0.1) is 0 Å². The lowest BCUT2D eigenvalue weighted by Gasteiger charge is -2.35. The zero-order valence-electron chi connectivity index (χ0n) is 24.4. The minimum absolute atomic E-state index is 0.0985. The highest BCUT2D eigenvalue weighted by Gasteiger charge is 2.30. The van der Waals surface area contributed by atoms with Gasteiger partial charge < -0.3 is 20.7 Å². The maximum absolute atomic E-state index is 14.1. The van der Waals surface area contributed by atoms with Crippen LogP contribution in [-0.4, -0.2) is 64.2 Å². The van der Waals surface area contributed by atoms with Crippen molar-refractivity contribution in [2.24, 2.45) is 11.7 Å². The number of ether oxygens (including phenoxy) is 1. The van der Waals surface area contributed by atoms with E-state index in [2.05, 4.69) is 10.3 Å². The Morgan fingerprint density at radius 3 is 2.41 bits per heavy atom. The van der Waals surface area contributed by atoms with Gasteiger partial charge >= 0.3 is 6.09 Å². The second-order valence-electron chi connectivity index (χ2n) is 12.4. The Morgan fingerprint density at radius 1 is 1.00 bits per heavy atom. The first-order valence-electron chi connectivity index (χ1n) is 14.8. The molecule has 0 radical (unpaired) electrons. The van der Waals surface area contributed by atoms with Gasteiger partial charge in [0.25, 0.3) is 5.91 Å². The number of hydrogen-bond acceptors (Lipinski definition) is 7. The third-order valence-corrected chi connectivity index (χ3v) is 7.97. The summed E-state index contributed by atoms with van der Waals surface area (Å²) in [5.74, 6) is 1.21. The Morgan fingerprint density at radius 2 is 1.71 bits per heavy atom. The summed E-state index contributed by atoms with van der Waals surface area (Å²) in [6, 6.07) is 16.2. The van der Waals surface area contributed by atoms with Crippen LogP contribution >= 0.6 is 0 Å². The van der Waals surface area contributed by atoms with Gasteiger partial charge in [0, 0.05) is 43.5 Å². The Balaban J connectivity index is 1.35. The summed E-state index contributed by atoms with van der Waals surface area (Å²) in [6.07, 6.45) is 6.90. The molecule has 9 nitrogen and oxygen atoms in total. The van der Waals surface area contributed by atoms with Crippen LogP contribution in [-0.2, 0) is 4.74 Å². The van der Waals surface area contributed by atoms with Crippen molar-refractivity contribution in [2.75, 3.05) is 29.9 Å². The molecule has 1 aliphatic carbocycles. The number of nitrogens with zero attached hydrogens (tertiary/aromatic N) is 4. The lowest BCUT2D eigenvalue weighted by molar-refractivity contribution is 0.0185. The minimum Gasteiger partial charge on any atom is -0.444 e. The van der Waals surface area contributed by atoms with E-state index in [4.69, 9.17) is 15.5 Å². The highest BCUT2D eigenvalue weighted by molar-refractivity contribution is 6.07. The van der Waals surface area contributed by atoms with Crippen LogP contribution in [0.4, 0.5) is 16.6 Å². The number of carbonyl (C=O) groups is 2. The monoisotopic (exact) mass is 558 g/mol. The van der Waals surface area contributed by atoms with E-state index in [1.807, 2.05) is 63.2 Å². The molecule has 1 aliphatic heterocycles. The fraction of sp³-hybridized carbons (Fsp3) is 0.500. The van der Waals surface area contributed by atoms with Crippen LogP contribution in [0.2, 0.25) is 0 Å². The first kappa shape index (κ1) is 28.8. The third kappa shape index (κ3) is 7.52. The molecule has 1 aromatic heterocycles. The summed E-state index contributed by atoms with van der Waals surface area (Å²) in [6.45, 7) is 7.32. The van der Waals surface area contributed by atoms with Gasteiger partial charge in [-0.15, -0.1) is 0 Å². The van der Waals surface area contributed by atoms with E-state index in [0.717, 1.165) is 49.3 Å². The maximum Gasteiger partial charge on any atom is 0.410 e. The van der Waals surface area contributed by atoms with Crippen LogP contribution in [0.5, 0.6) is 0 Å². The number of fused-ring (bicyclic) bond motifs is 1. The van der Waals surface area contributed by atoms with Gasteiger partial charge in [-0.2, -0.15) is 4.98 Å². The van der Waals surface area contributed by atoms with E-state index in [9.17, 15) is 9.59 Å². The van der Waals surface area contributed by atoms with Gasteiger partial charge in [0.1, 0.15) is 11.4 Å². The van der Waals surface area contributed by atoms with E-state index in [1.54, 1.807) is 22.1 Å². The molecule has 3 aromatic rings. The van der Waals surface area contributed by atoms with Crippen LogP contribution in [0.3, 0.4) is 0 Å². The van der Waals surface area contributed by atoms with Crippen molar-refractivity contribution < 1.29 is 14.3 Å². The first-order valence-corrected chi connectivity index (χ1v) is 14.8. The molecular formula is C32H42N6O3. The molecule has 1 saturated heterocycles. The number of aromatic nitrogens is 2. The summed E-state index contributed by atoms with van der Waals surface area (Å²) in [4.78, 5) is 39.5. The number of nitrogens with one attached hydrogen (secondary N) is 1. The van der Waals surface area contributed by atoms with Gasteiger partial charge in [-0.1, -0.05) is 30.3 Å². The second kappa shape index (κ2) is 12.4. The number of rotatable bonds is 6. The fourth-order valence-corrected chi connectivity index (χ4v) is 5.66. The van der Waals surface area contributed by atoms with Gasteiger partial charge in [-0.25, -0.2) is 9.78 Å². The number of anilines is 2. The molecular weight excluding hydrogens is 516 g/mol.